The molecule has 0 radical (unpaired) electrons. The zero-order valence-corrected chi connectivity index (χ0v) is 19.2. The molecule has 2 N–H and O–H groups in total. The first-order valence-corrected chi connectivity index (χ1v) is 11.4. The molecule has 0 saturated heterocycles. The highest BCUT2D eigenvalue weighted by atomic mass is 16.6. The van der Waals surface area contributed by atoms with Gasteiger partial charge in [0, 0.05) is 11.6 Å². The van der Waals surface area contributed by atoms with Gasteiger partial charge in [0.25, 0.3) is 0 Å². The van der Waals surface area contributed by atoms with Gasteiger partial charge in [-0.3, -0.25) is 10.1 Å². The molecule has 1 amide bonds. The molecule has 1 aliphatic carbocycles. The third-order valence-electron chi connectivity index (χ3n) is 6.08. The Kier molecular flexibility index (Phi) is 7.15. The minimum atomic E-state index is -0.724. The lowest BCUT2D eigenvalue weighted by molar-refractivity contribution is -0.143. The number of nitrogens with zero attached hydrogens (tertiary/aromatic N) is 1. The van der Waals surface area contributed by atoms with E-state index in [0.717, 1.165) is 35.3 Å². The molecule has 0 bridgehead atoms. The summed E-state index contributed by atoms with van der Waals surface area (Å²) in [6.07, 6.45) is 1.73. The molecule has 0 spiro atoms. The van der Waals surface area contributed by atoms with E-state index < -0.39 is 18.2 Å². The number of carbonyl (C=O) groups is 2. The maximum absolute atomic E-state index is 12.2. The molecule has 1 aromatic heterocycles. The lowest BCUT2D eigenvalue weighted by Crippen LogP contribution is -2.27. The maximum atomic E-state index is 12.2. The SMILES string of the molecule is Cc1cc(OC2CCC(C(=O)O)CC2)ccc1-c1cc(NC(=O)O[C@H](C)c2ccccc2)no1. The van der Waals surface area contributed by atoms with Gasteiger partial charge in [-0.05, 0) is 68.9 Å². The maximum Gasteiger partial charge on any atom is 0.413 e. The van der Waals surface area contributed by atoms with E-state index in [1.165, 1.54) is 0 Å². The fraction of sp³-hybridized carbons (Fsp3) is 0.346. The Hall–Kier alpha value is -3.81. The highest BCUT2D eigenvalue weighted by molar-refractivity contribution is 5.84. The number of ether oxygens (including phenoxy) is 2. The number of hydrogen-bond donors (Lipinski definition) is 2. The van der Waals surface area contributed by atoms with Crippen LogP contribution in [0, 0.1) is 12.8 Å². The molecule has 1 atom stereocenters. The van der Waals surface area contributed by atoms with E-state index in [4.69, 9.17) is 19.1 Å². The number of benzene rings is 2. The molecule has 1 saturated carbocycles. The lowest BCUT2D eigenvalue weighted by atomic mass is 9.87. The van der Waals surface area contributed by atoms with Crippen LogP contribution in [-0.2, 0) is 9.53 Å². The number of anilines is 1. The molecule has 3 aromatic rings. The summed E-state index contributed by atoms with van der Waals surface area (Å²) in [5, 5.41) is 15.7. The monoisotopic (exact) mass is 464 g/mol. The molecule has 8 nitrogen and oxygen atoms in total. The van der Waals surface area contributed by atoms with Crippen molar-refractivity contribution < 1.29 is 28.7 Å². The molecular weight excluding hydrogens is 436 g/mol. The summed E-state index contributed by atoms with van der Waals surface area (Å²) in [7, 11) is 0. The number of aromatic nitrogens is 1. The highest BCUT2D eigenvalue weighted by Gasteiger charge is 2.27. The van der Waals surface area contributed by atoms with E-state index in [1.807, 2.05) is 55.5 Å². The van der Waals surface area contributed by atoms with Crippen molar-refractivity contribution in [3.8, 4) is 17.1 Å². The number of carboxylic acids is 1. The molecular formula is C26H28N2O6. The molecule has 178 valence electrons. The largest absolute Gasteiger partial charge is 0.490 e. The second kappa shape index (κ2) is 10.4. The summed E-state index contributed by atoms with van der Waals surface area (Å²) in [4.78, 5) is 23.4. The van der Waals surface area contributed by atoms with Crippen molar-refractivity contribution in [1.82, 2.24) is 5.16 Å². The molecule has 1 heterocycles. The van der Waals surface area contributed by atoms with Gasteiger partial charge >= 0.3 is 12.1 Å². The molecule has 2 aromatic carbocycles. The third kappa shape index (κ3) is 5.75. The Morgan fingerprint density at radius 2 is 1.82 bits per heavy atom. The average Bonchev–Trinajstić information content (AvgIpc) is 3.28. The van der Waals surface area contributed by atoms with Crippen molar-refractivity contribution in [2.24, 2.45) is 5.92 Å². The van der Waals surface area contributed by atoms with Crippen LogP contribution in [-0.4, -0.2) is 28.4 Å². The van der Waals surface area contributed by atoms with Crippen LogP contribution in [0.4, 0.5) is 10.6 Å². The number of nitrogens with one attached hydrogen (secondary N) is 1. The van der Waals surface area contributed by atoms with Gasteiger partial charge in [-0.2, -0.15) is 0 Å². The summed E-state index contributed by atoms with van der Waals surface area (Å²) in [5.74, 6) is 0.513. The predicted molar refractivity (Wildman–Crippen MR) is 126 cm³/mol. The lowest BCUT2D eigenvalue weighted by Gasteiger charge is -2.27. The van der Waals surface area contributed by atoms with Crippen LogP contribution >= 0.6 is 0 Å². The first-order chi connectivity index (χ1) is 16.4. The Labute approximate surface area is 197 Å². The van der Waals surface area contributed by atoms with E-state index in [9.17, 15) is 9.59 Å². The van der Waals surface area contributed by atoms with Crippen molar-refractivity contribution in [1.29, 1.82) is 0 Å². The minimum Gasteiger partial charge on any atom is -0.490 e. The van der Waals surface area contributed by atoms with Gasteiger partial charge in [0.15, 0.2) is 11.6 Å². The molecule has 34 heavy (non-hydrogen) atoms. The van der Waals surface area contributed by atoms with Gasteiger partial charge in [0.1, 0.15) is 11.9 Å². The molecule has 8 heteroatoms. The van der Waals surface area contributed by atoms with Gasteiger partial charge in [-0.1, -0.05) is 35.5 Å². The second-order valence-corrected chi connectivity index (χ2v) is 8.57. The first kappa shape index (κ1) is 23.4. The van der Waals surface area contributed by atoms with Crippen molar-refractivity contribution >= 4 is 17.9 Å². The van der Waals surface area contributed by atoms with Crippen LogP contribution in [0.25, 0.3) is 11.3 Å². The quantitative estimate of drug-likeness (QED) is 0.442. The minimum absolute atomic E-state index is 0.0197. The Balaban J connectivity index is 1.34. The summed E-state index contributed by atoms with van der Waals surface area (Å²) in [6.45, 7) is 3.74. The summed E-state index contributed by atoms with van der Waals surface area (Å²) < 4.78 is 16.9. The van der Waals surface area contributed by atoms with Gasteiger partial charge < -0.3 is 19.1 Å². The standard InChI is InChI=1S/C26H28N2O6/c1-16-14-21(33-20-10-8-19(9-11-20)25(29)30)12-13-22(16)23-15-24(28-34-23)27-26(31)32-17(2)18-6-4-3-5-7-18/h3-7,12-15,17,19-20H,8-11H2,1-2H3,(H,29,30)(H,27,28,31)/t17-,19?,20?/m1/s1. The van der Waals surface area contributed by atoms with Gasteiger partial charge in [0.05, 0.1) is 12.0 Å². The van der Waals surface area contributed by atoms with Crippen LogP contribution in [0.3, 0.4) is 0 Å². The fourth-order valence-corrected chi connectivity index (χ4v) is 4.15. The number of aliphatic carboxylic acids is 1. The van der Waals surface area contributed by atoms with Crippen molar-refractivity contribution in [2.75, 3.05) is 5.32 Å². The number of amides is 1. The number of rotatable bonds is 7. The van der Waals surface area contributed by atoms with Crippen LogP contribution in [0.2, 0.25) is 0 Å². The molecule has 0 aliphatic heterocycles. The topological polar surface area (TPSA) is 111 Å². The summed E-state index contributed by atoms with van der Waals surface area (Å²) in [6, 6.07) is 16.8. The highest BCUT2D eigenvalue weighted by Crippen LogP contribution is 2.32. The van der Waals surface area contributed by atoms with Crippen LogP contribution < -0.4 is 10.1 Å². The predicted octanol–water partition coefficient (Wildman–Crippen LogP) is 5.98. The molecule has 1 aliphatic rings. The Morgan fingerprint density at radius 3 is 2.50 bits per heavy atom. The zero-order valence-electron chi connectivity index (χ0n) is 19.2. The second-order valence-electron chi connectivity index (χ2n) is 8.57. The van der Waals surface area contributed by atoms with Gasteiger partial charge in [-0.25, -0.2) is 4.79 Å². The van der Waals surface area contributed by atoms with Crippen LogP contribution in [0.15, 0.2) is 59.1 Å². The first-order valence-electron chi connectivity index (χ1n) is 11.4. The molecule has 0 unspecified atom stereocenters. The number of hydrogen-bond acceptors (Lipinski definition) is 6. The fourth-order valence-electron chi connectivity index (χ4n) is 4.15. The number of carboxylic acid groups (broad SMARTS) is 1. The average molecular weight is 465 g/mol. The third-order valence-corrected chi connectivity index (χ3v) is 6.08. The Morgan fingerprint density at radius 1 is 1.09 bits per heavy atom. The van der Waals surface area contributed by atoms with E-state index in [1.54, 1.807) is 13.0 Å². The van der Waals surface area contributed by atoms with Gasteiger partial charge in [0.2, 0.25) is 0 Å². The van der Waals surface area contributed by atoms with Crippen molar-refractivity contribution in [3.05, 3.63) is 65.7 Å². The van der Waals surface area contributed by atoms with E-state index >= 15 is 0 Å². The number of carbonyl (C=O) groups excluding carboxylic acids is 1. The zero-order chi connectivity index (χ0) is 24.1. The van der Waals surface area contributed by atoms with Gasteiger partial charge in [-0.15, -0.1) is 0 Å². The molecule has 4 rings (SSSR count). The normalized spacial score (nSPS) is 18.6. The van der Waals surface area contributed by atoms with E-state index in [2.05, 4.69) is 10.5 Å². The Bertz CT molecular complexity index is 1140. The van der Waals surface area contributed by atoms with Crippen molar-refractivity contribution in [3.63, 3.8) is 0 Å². The smallest absolute Gasteiger partial charge is 0.413 e. The van der Waals surface area contributed by atoms with E-state index in [0.29, 0.717) is 18.6 Å². The van der Waals surface area contributed by atoms with Crippen LogP contribution in [0.5, 0.6) is 5.75 Å². The number of aryl methyl sites for hydroxylation is 1. The van der Waals surface area contributed by atoms with E-state index in [-0.39, 0.29) is 17.8 Å². The van der Waals surface area contributed by atoms with Crippen molar-refractivity contribution in [2.45, 2.75) is 51.7 Å². The summed E-state index contributed by atoms with van der Waals surface area (Å²) >= 11 is 0. The van der Waals surface area contributed by atoms with Crippen LogP contribution in [0.1, 0.15) is 49.8 Å². The molecule has 1 fully saturated rings. The summed E-state index contributed by atoms with van der Waals surface area (Å²) in [5.41, 5.74) is 2.65.